The number of hydrogen-bond donors (Lipinski definition) is 2. The molecule has 138 valence electrons. The van der Waals surface area contributed by atoms with Crippen molar-refractivity contribution in [2.45, 2.75) is 19.9 Å². The largest absolute Gasteiger partial charge is 0.497 e. The first kappa shape index (κ1) is 20.1. The third kappa shape index (κ3) is 5.87. The van der Waals surface area contributed by atoms with Crippen LogP contribution >= 0.6 is 0 Å². The Morgan fingerprint density at radius 2 is 1.60 bits per heavy atom. The second-order valence-corrected chi connectivity index (χ2v) is 4.60. The van der Waals surface area contributed by atoms with Crippen LogP contribution in [0.3, 0.4) is 0 Å². The number of ether oxygens (including phenoxy) is 4. The Kier molecular flexibility index (Phi) is 8.04. The maximum atomic E-state index is 12.1. The maximum Gasteiger partial charge on any atom is 0.340 e. The second kappa shape index (κ2) is 10.0. The van der Waals surface area contributed by atoms with E-state index in [9.17, 15) is 14.4 Å². The molecule has 1 aromatic carbocycles. The summed E-state index contributed by atoms with van der Waals surface area (Å²) in [7, 11) is 2.93. The molecule has 0 radical (unpaired) electrons. The third-order valence-corrected chi connectivity index (χ3v) is 2.98. The number of anilines is 1. The summed E-state index contributed by atoms with van der Waals surface area (Å²) >= 11 is 0. The highest BCUT2D eigenvalue weighted by Gasteiger charge is 2.31. The molecule has 0 aromatic heterocycles. The molecule has 2 amide bonds. The van der Waals surface area contributed by atoms with Gasteiger partial charge in [0.25, 0.3) is 0 Å². The molecule has 0 atom stereocenters. The van der Waals surface area contributed by atoms with Crippen molar-refractivity contribution in [1.29, 1.82) is 0 Å². The predicted octanol–water partition coefficient (Wildman–Crippen LogP) is 1.32. The van der Waals surface area contributed by atoms with Gasteiger partial charge in [-0.2, -0.15) is 0 Å². The Labute approximate surface area is 145 Å². The maximum absolute atomic E-state index is 12.1. The van der Waals surface area contributed by atoms with Crippen LogP contribution in [0.5, 0.6) is 11.5 Å². The summed E-state index contributed by atoms with van der Waals surface area (Å²) in [6.45, 7) is 3.29. The summed E-state index contributed by atoms with van der Waals surface area (Å²) in [5.41, 5.74) is 0.326. The average molecular weight is 354 g/mol. The fourth-order valence-electron chi connectivity index (χ4n) is 1.86. The highest BCUT2D eigenvalue weighted by Crippen LogP contribution is 2.28. The zero-order chi connectivity index (χ0) is 18.8. The van der Waals surface area contributed by atoms with E-state index < -0.39 is 24.0 Å². The van der Waals surface area contributed by atoms with E-state index in [-0.39, 0.29) is 13.2 Å². The predicted molar refractivity (Wildman–Crippen MR) is 88.8 cm³/mol. The van der Waals surface area contributed by atoms with E-state index in [1.807, 2.05) is 0 Å². The number of hydrogen-bond acceptors (Lipinski definition) is 7. The van der Waals surface area contributed by atoms with Gasteiger partial charge < -0.3 is 29.6 Å². The van der Waals surface area contributed by atoms with E-state index in [4.69, 9.17) is 18.9 Å². The minimum absolute atomic E-state index is 0.0599. The molecule has 0 heterocycles. The van der Waals surface area contributed by atoms with Crippen LogP contribution in [-0.4, -0.2) is 51.4 Å². The van der Waals surface area contributed by atoms with Crippen molar-refractivity contribution >= 4 is 23.7 Å². The van der Waals surface area contributed by atoms with Crippen molar-refractivity contribution in [3.63, 3.8) is 0 Å². The minimum atomic E-state index is -1.57. The van der Waals surface area contributed by atoms with Gasteiger partial charge in [0, 0.05) is 6.07 Å². The molecule has 0 aliphatic heterocycles. The van der Waals surface area contributed by atoms with Crippen LogP contribution in [-0.2, 0) is 19.1 Å². The number of benzene rings is 1. The summed E-state index contributed by atoms with van der Waals surface area (Å²) in [4.78, 5) is 35.8. The van der Waals surface area contributed by atoms with E-state index in [0.29, 0.717) is 17.2 Å². The zero-order valence-electron chi connectivity index (χ0n) is 14.6. The molecular formula is C16H22N2O7. The summed E-state index contributed by atoms with van der Waals surface area (Å²) in [6, 6.07) is 2.38. The van der Waals surface area contributed by atoms with Gasteiger partial charge in [0.05, 0.1) is 33.1 Å². The highest BCUT2D eigenvalue weighted by atomic mass is 16.6. The topological polar surface area (TPSA) is 112 Å². The van der Waals surface area contributed by atoms with Gasteiger partial charge in [-0.05, 0) is 26.0 Å². The van der Waals surface area contributed by atoms with Gasteiger partial charge in [-0.1, -0.05) is 0 Å². The van der Waals surface area contributed by atoms with E-state index in [1.165, 1.54) is 14.2 Å². The van der Waals surface area contributed by atoms with Crippen LogP contribution in [0.15, 0.2) is 18.2 Å². The number of rotatable bonds is 8. The lowest BCUT2D eigenvalue weighted by molar-refractivity contribution is -0.157. The zero-order valence-corrected chi connectivity index (χ0v) is 14.6. The summed E-state index contributed by atoms with van der Waals surface area (Å²) in [5.74, 6) is -0.923. The summed E-state index contributed by atoms with van der Waals surface area (Å²) in [5, 5.41) is 4.72. The molecule has 0 spiro atoms. The monoisotopic (exact) mass is 354 g/mol. The normalized spacial score (nSPS) is 9.96. The van der Waals surface area contributed by atoms with Gasteiger partial charge in [0.2, 0.25) is 6.04 Å². The van der Waals surface area contributed by atoms with Crippen LogP contribution in [0, 0.1) is 0 Å². The van der Waals surface area contributed by atoms with Crippen LogP contribution in [0.4, 0.5) is 10.5 Å². The standard InChI is InChI=1S/C16H22N2O7/c1-5-24-14(19)13(15(20)25-6-2)18-16(21)17-11-8-7-10(22-3)9-12(11)23-4/h7-9,13H,5-6H2,1-4H3,(H2,17,18,21). The smallest absolute Gasteiger partial charge is 0.340 e. The van der Waals surface area contributed by atoms with Crippen LogP contribution in [0.2, 0.25) is 0 Å². The van der Waals surface area contributed by atoms with E-state index >= 15 is 0 Å². The fraction of sp³-hybridized carbons (Fsp3) is 0.438. The molecule has 0 bridgehead atoms. The number of nitrogens with one attached hydrogen (secondary N) is 2. The molecule has 0 fully saturated rings. The van der Waals surface area contributed by atoms with Crippen LogP contribution < -0.4 is 20.1 Å². The first-order valence-corrected chi connectivity index (χ1v) is 7.59. The van der Waals surface area contributed by atoms with Gasteiger partial charge in [0.1, 0.15) is 11.5 Å². The lowest BCUT2D eigenvalue weighted by atomic mass is 10.2. The lowest BCUT2D eigenvalue weighted by Crippen LogP contribution is -2.49. The highest BCUT2D eigenvalue weighted by molar-refractivity contribution is 6.04. The molecule has 0 saturated heterocycles. The Morgan fingerprint density at radius 1 is 1.00 bits per heavy atom. The van der Waals surface area contributed by atoms with E-state index in [1.54, 1.807) is 32.0 Å². The molecule has 0 aliphatic rings. The molecule has 2 N–H and O–H groups in total. The Bertz CT molecular complexity index is 601. The number of urea groups is 1. The lowest BCUT2D eigenvalue weighted by Gasteiger charge is -2.17. The van der Waals surface area contributed by atoms with Crippen LogP contribution in [0.25, 0.3) is 0 Å². The van der Waals surface area contributed by atoms with Gasteiger partial charge in [-0.25, -0.2) is 14.4 Å². The Hall–Kier alpha value is -2.97. The van der Waals surface area contributed by atoms with Crippen LogP contribution in [0.1, 0.15) is 13.8 Å². The molecular weight excluding hydrogens is 332 g/mol. The summed E-state index contributed by atoms with van der Waals surface area (Å²) < 4.78 is 19.8. The van der Waals surface area contributed by atoms with E-state index in [0.717, 1.165) is 0 Å². The first-order valence-electron chi connectivity index (χ1n) is 7.59. The molecule has 25 heavy (non-hydrogen) atoms. The van der Waals surface area contributed by atoms with Crippen molar-refractivity contribution in [3.8, 4) is 11.5 Å². The first-order chi connectivity index (χ1) is 12.0. The molecule has 0 saturated carbocycles. The molecule has 9 heteroatoms. The van der Waals surface area contributed by atoms with E-state index in [2.05, 4.69) is 10.6 Å². The van der Waals surface area contributed by atoms with Crippen molar-refractivity contribution in [2.75, 3.05) is 32.8 Å². The number of carbonyl (C=O) groups excluding carboxylic acids is 3. The van der Waals surface area contributed by atoms with Crippen molar-refractivity contribution in [3.05, 3.63) is 18.2 Å². The SMILES string of the molecule is CCOC(=O)C(NC(=O)Nc1ccc(OC)cc1OC)C(=O)OCC. The van der Waals surface area contributed by atoms with Gasteiger partial charge in [-0.15, -0.1) is 0 Å². The number of amides is 2. The van der Waals surface area contributed by atoms with Gasteiger partial charge >= 0.3 is 18.0 Å². The fourth-order valence-corrected chi connectivity index (χ4v) is 1.86. The number of carbonyl (C=O) groups is 3. The Morgan fingerprint density at radius 3 is 2.08 bits per heavy atom. The quantitative estimate of drug-likeness (QED) is 0.535. The molecule has 1 rings (SSSR count). The van der Waals surface area contributed by atoms with Crippen molar-refractivity contribution < 1.29 is 33.3 Å². The second-order valence-electron chi connectivity index (χ2n) is 4.60. The molecule has 0 aliphatic carbocycles. The third-order valence-electron chi connectivity index (χ3n) is 2.98. The molecule has 9 nitrogen and oxygen atoms in total. The van der Waals surface area contributed by atoms with Gasteiger partial charge in [0.15, 0.2) is 0 Å². The number of esters is 2. The average Bonchev–Trinajstić information content (AvgIpc) is 2.60. The summed E-state index contributed by atoms with van der Waals surface area (Å²) in [6.07, 6.45) is 0. The molecule has 0 unspecified atom stereocenters. The Balaban J connectivity index is 2.87. The van der Waals surface area contributed by atoms with Crippen molar-refractivity contribution in [2.24, 2.45) is 0 Å². The number of methoxy groups -OCH3 is 2. The van der Waals surface area contributed by atoms with Gasteiger partial charge in [-0.3, -0.25) is 0 Å². The molecule has 1 aromatic rings. The minimum Gasteiger partial charge on any atom is -0.497 e. The van der Waals surface area contributed by atoms with Crippen molar-refractivity contribution in [1.82, 2.24) is 5.32 Å².